The first-order valence-electron chi connectivity index (χ1n) is 6.86. The Kier molecular flexibility index (Phi) is 3.16. The minimum absolute atomic E-state index is 0.0193. The topological polar surface area (TPSA) is 62.2 Å². The van der Waals surface area contributed by atoms with Gasteiger partial charge in [0.25, 0.3) is 5.91 Å². The number of amides is 2. The molecule has 2 aliphatic heterocycles. The molecule has 1 unspecified atom stereocenters. The van der Waals surface area contributed by atoms with E-state index in [1.165, 1.54) is 5.01 Å². The van der Waals surface area contributed by atoms with Gasteiger partial charge in [-0.2, -0.15) is 5.10 Å². The van der Waals surface area contributed by atoms with Gasteiger partial charge in [0.15, 0.2) is 6.61 Å². The van der Waals surface area contributed by atoms with E-state index in [1.807, 2.05) is 25.1 Å². The Labute approximate surface area is 123 Å². The van der Waals surface area contributed by atoms with E-state index in [9.17, 15) is 9.59 Å². The van der Waals surface area contributed by atoms with Crippen molar-refractivity contribution in [3.8, 4) is 5.75 Å². The maximum Gasteiger partial charge on any atom is 0.264 e. The molecule has 3 rings (SSSR count). The normalized spacial score (nSPS) is 21.9. The number of hydrogen-bond acceptors (Lipinski definition) is 4. The molecule has 0 fully saturated rings. The lowest BCUT2D eigenvalue weighted by atomic mass is 9.93. The van der Waals surface area contributed by atoms with Gasteiger partial charge < -0.3 is 9.64 Å². The molecule has 6 heteroatoms. The van der Waals surface area contributed by atoms with Crippen molar-refractivity contribution in [3.05, 3.63) is 23.8 Å². The summed E-state index contributed by atoms with van der Waals surface area (Å²) in [5.41, 5.74) is 2.54. The largest absolute Gasteiger partial charge is 0.482 e. The Morgan fingerprint density at radius 1 is 1.24 bits per heavy atom. The fourth-order valence-corrected chi connectivity index (χ4v) is 2.59. The number of carbonyl (C=O) groups excluding carboxylic acids is 2. The number of anilines is 1. The van der Waals surface area contributed by atoms with Crippen LogP contribution in [-0.2, 0) is 9.59 Å². The average molecular weight is 287 g/mol. The van der Waals surface area contributed by atoms with Crippen molar-refractivity contribution in [2.45, 2.75) is 13.3 Å². The second-order valence-electron chi connectivity index (χ2n) is 5.43. The summed E-state index contributed by atoms with van der Waals surface area (Å²) in [4.78, 5) is 24.8. The maximum atomic E-state index is 11.6. The molecule has 0 radical (unpaired) electrons. The monoisotopic (exact) mass is 287 g/mol. The zero-order valence-corrected chi connectivity index (χ0v) is 12.3. The van der Waals surface area contributed by atoms with Gasteiger partial charge >= 0.3 is 0 Å². The lowest BCUT2D eigenvalue weighted by Gasteiger charge is -2.28. The zero-order valence-electron chi connectivity index (χ0n) is 12.3. The molecule has 0 aliphatic carbocycles. The number of hydrazone groups is 1. The third-order valence-corrected chi connectivity index (χ3v) is 3.91. The summed E-state index contributed by atoms with van der Waals surface area (Å²) in [5, 5.41) is 5.74. The number of hydrogen-bond donors (Lipinski definition) is 0. The molecule has 1 aromatic carbocycles. The van der Waals surface area contributed by atoms with Crippen molar-refractivity contribution in [3.63, 3.8) is 0 Å². The first-order valence-corrected chi connectivity index (χ1v) is 6.86. The molecule has 1 aromatic rings. The Bertz CT molecular complexity index is 654. The molecule has 0 saturated heterocycles. The summed E-state index contributed by atoms with van der Waals surface area (Å²) < 4.78 is 5.49. The number of likely N-dealkylation sites (N-methyl/N-ethyl adjacent to an activating group) is 1. The van der Waals surface area contributed by atoms with Crippen molar-refractivity contribution < 1.29 is 14.3 Å². The molecule has 0 bridgehead atoms. The Balaban J connectivity index is 2.00. The molecule has 6 nitrogen and oxygen atoms in total. The lowest BCUT2D eigenvalue weighted by molar-refractivity contribution is -0.131. The van der Waals surface area contributed by atoms with Crippen LogP contribution in [0.1, 0.15) is 18.9 Å². The first kappa shape index (κ1) is 13.6. The first-order chi connectivity index (χ1) is 9.97. The average Bonchev–Trinajstić information content (AvgIpc) is 2.46. The predicted molar refractivity (Wildman–Crippen MR) is 78.4 cm³/mol. The van der Waals surface area contributed by atoms with Crippen LogP contribution in [0, 0.1) is 5.92 Å². The van der Waals surface area contributed by atoms with Crippen molar-refractivity contribution in [2.24, 2.45) is 11.0 Å². The molecule has 110 valence electrons. The molecule has 1 atom stereocenters. The van der Waals surface area contributed by atoms with Crippen LogP contribution in [0.5, 0.6) is 5.75 Å². The highest BCUT2D eigenvalue weighted by atomic mass is 16.5. The highest BCUT2D eigenvalue weighted by molar-refractivity contribution is 6.07. The van der Waals surface area contributed by atoms with Gasteiger partial charge in [-0.15, -0.1) is 0 Å². The minimum Gasteiger partial charge on any atom is -0.482 e. The van der Waals surface area contributed by atoms with Crippen LogP contribution in [0.3, 0.4) is 0 Å². The molecular weight excluding hydrogens is 270 g/mol. The van der Waals surface area contributed by atoms with Gasteiger partial charge in [0, 0.05) is 32.0 Å². The summed E-state index contributed by atoms with van der Waals surface area (Å²) in [7, 11) is 3.39. The van der Waals surface area contributed by atoms with Crippen molar-refractivity contribution in [2.75, 3.05) is 25.6 Å². The second-order valence-corrected chi connectivity index (χ2v) is 5.43. The summed E-state index contributed by atoms with van der Waals surface area (Å²) in [5.74, 6) is 0.688. The second kappa shape index (κ2) is 4.87. The SMILES string of the molecule is CC1CC(=O)N(C)N=C1c1ccc2c(c1)OCC(=O)N2C. The molecule has 0 N–H and O–H groups in total. The van der Waals surface area contributed by atoms with Gasteiger partial charge in [-0.1, -0.05) is 13.0 Å². The van der Waals surface area contributed by atoms with Gasteiger partial charge in [-0.05, 0) is 12.1 Å². The van der Waals surface area contributed by atoms with Crippen molar-refractivity contribution in [1.82, 2.24) is 5.01 Å². The van der Waals surface area contributed by atoms with Crippen LogP contribution < -0.4 is 9.64 Å². The summed E-state index contributed by atoms with van der Waals surface area (Å²) in [6.07, 6.45) is 0.450. The fraction of sp³-hybridized carbons (Fsp3) is 0.400. The van der Waals surface area contributed by atoms with E-state index in [2.05, 4.69) is 5.10 Å². The van der Waals surface area contributed by atoms with E-state index in [-0.39, 0.29) is 24.3 Å². The van der Waals surface area contributed by atoms with E-state index in [1.54, 1.807) is 19.0 Å². The van der Waals surface area contributed by atoms with E-state index >= 15 is 0 Å². The van der Waals surface area contributed by atoms with Crippen molar-refractivity contribution >= 4 is 23.2 Å². The third kappa shape index (κ3) is 2.26. The van der Waals surface area contributed by atoms with E-state index in [0.717, 1.165) is 17.0 Å². The molecule has 0 saturated carbocycles. The van der Waals surface area contributed by atoms with Crippen LogP contribution >= 0.6 is 0 Å². The number of benzene rings is 1. The molecule has 2 heterocycles. The number of fused-ring (bicyclic) bond motifs is 1. The number of nitrogens with zero attached hydrogens (tertiary/aromatic N) is 3. The van der Waals surface area contributed by atoms with Crippen LogP contribution in [-0.4, -0.2) is 43.2 Å². The molecular formula is C15H17N3O3. The predicted octanol–water partition coefficient (Wildman–Crippen LogP) is 1.24. The Morgan fingerprint density at radius 2 is 2.00 bits per heavy atom. The zero-order chi connectivity index (χ0) is 15.1. The van der Waals surface area contributed by atoms with E-state index < -0.39 is 0 Å². The van der Waals surface area contributed by atoms with Gasteiger partial charge in [-0.3, -0.25) is 9.59 Å². The van der Waals surface area contributed by atoms with Gasteiger partial charge in [0.05, 0.1) is 11.4 Å². The van der Waals surface area contributed by atoms with E-state index in [4.69, 9.17) is 4.74 Å². The molecule has 2 amide bonds. The van der Waals surface area contributed by atoms with Crippen LogP contribution in [0.15, 0.2) is 23.3 Å². The molecule has 0 aromatic heterocycles. The number of ether oxygens (including phenoxy) is 1. The van der Waals surface area contributed by atoms with Gasteiger partial charge in [0.2, 0.25) is 5.91 Å². The Hall–Kier alpha value is -2.37. The standard InChI is InChI=1S/C15H17N3O3/c1-9-6-13(19)18(3)16-15(9)10-4-5-11-12(7-10)21-8-14(20)17(11)2/h4-5,7,9H,6,8H2,1-3H3. The van der Waals surface area contributed by atoms with Crippen LogP contribution in [0.4, 0.5) is 5.69 Å². The third-order valence-electron chi connectivity index (χ3n) is 3.91. The van der Waals surface area contributed by atoms with Crippen molar-refractivity contribution in [1.29, 1.82) is 0 Å². The summed E-state index contributed by atoms with van der Waals surface area (Å²) in [6.45, 7) is 2.03. The summed E-state index contributed by atoms with van der Waals surface area (Å²) >= 11 is 0. The minimum atomic E-state index is -0.0658. The van der Waals surface area contributed by atoms with Gasteiger partial charge in [-0.25, -0.2) is 5.01 Å². The quantitative estimate of drug-likeness (QED) is 0.781. The highest BCUT2D eigenvalue weighted by Crippen LogP contribution is 2.33. The Morgan fingerprint density at radius 3 is 2.76 bits per heavy atom. The highest BCUT2D eigenvalue weighted by Gasteiger charge is 2.27. The summed E-state index contributed by atoms with van der Waals surface area (Å²) in [6, 6.07) is 5.65. The number of carbonyl (C=O) groups is 2. The van der Waals surface area contributed by atoms with Crippen LogP contribution in [0.25, 0.3) is 0 Å². The maximum absolute atomic E-state index is 11.6. The fourth-order valence-electron chi connectivity index (χ4n) is 2.59. The lowest BCUT2D eigenvalue weighted by Crippen LogP contribution is -2.36. The molecule has 2 aliphatic rings. The molecule has 0 spiro atoms. The molecule has 21 heavy (non-hydrogen) atoms. The smallest absolute Gasteiger partial charge is 0.264 e. The van der Waals surface area contributed by atoms with Gasteiger partial charge in [0.1, 0.15) is 5.75 Å². The van der Waals surface area contributed by atoms with E-state index in [0.29, 0.717) is 12.2 Å². The van der Waals surface area contributed by atoms with Crippen LogP contribution in [0.2, 0.25) is 0 Å². The number of rotatable bonds is 1.